The summed E-state index contributed by atoms with van der Waals surface area (Å²) >= 11 is 0. The lowest BCUT2D eigenvalue weighted by Gasteiger charge is -2.53. The highest BCUT2D eigenvalue weighted by Crippen LogP contribution is 2.45. The Morgan fingerprint density at radius 2 is 1.75 bits per heavy atom. The molecular formula is C22H33NO. The minimum absolute atomic E-state index is 0.276. The van der Waals surface area contributed by atoms with Gasteiger partial charge in [-0.2, -0.15) is 0 Å². The van der Waals surface area contributed by atoms with Crippen molar-refractivity contribution < 1.29 is 5.11 Å². The van der Waals surface area contributed by atoms with Crippen molar-refractivity contribution in [2.45, 2.75) is 81.8 Å². The molecule has 2 heterocycles. The summed E-state index contributed by atoms with van der Waals surface area (Å²) in [5.41, 5.74) is 1.39. The van der Waals surface area contributed by atoms with E-state index in [-0.39, 0.29) is 11.0 Å². The highest BCUT2D eigenvalue weighted by molar-refractivity contribution is 5.26. The molecule has 1 aromatic rings. The maximum Gasteiger partial charge on any atom is 0.0702 e. The van der Waals surface area contributed by atoms with E-state index in [0.717, 1.165) is 25.9 Å². The third-order valence-electron chi connectivity index (χ3n) is 7.35. The van der Waals surface area contributed by atoms with Crippen LogP contribution in [-0.2, 0) is 5.41 Å². The summed E-state index contributed by atoms with van der Waals surface area (Å²) in [7, 11) is 0. The van der Waals surface area contributed by atoms with E-state index in [1.807, 2.05) is 0 Å². The summed E-state index contributed by atoms with van der Waals surface area (Å²) in [5.74, 6) is 0.566. The topological polar surface area (TPSA) is 23.5 Å². The molecule has 0 radical (unpaired) electrons. The third kappa shape index (κ3) is 3.04. The average molecular weight is 328 g/mol. The fourth-order valence-electron chi connectivity index (χ4n) is 5.75. The van der Waals surface area contributed by atoms with Gasteiger partial charge in [-0.25, -0.2) is 0 Å². The van der Waals surface area contributed by atoms with E-state index in [9.17, 15) is 5.11 Å². The van der Waals surface area contributed by atoms with Gasteiger partial charge in [0.05, 0.1) is 5.60 Å². The molecule has 3 fully saturated rings. The quantitative estimate of drug-likeness (QED) is 0.863. The summed E-state index contributed by atoms with van der Waals surface area (Å²) in [6.07, 6.45) is 11.0. The molecule has 1 saturated carbocycles. The van der Waals surface area contributed by atoms with Crippen LogP contribution in [-0.4, -0.2) is 34.7 Å². The van der Waals surface area contributed by atoms with Crippen LogP contribution >= 0.6 is 0 Å². The van der Waals surface area contributed by atoms with E-state index in [2.05, 4.69) is 42.2 Å². The first-order chi connectivity index (χ1) is 11.6. The van der Waals surface area contributed by atoms with Crippen molar-refractivity contribution in [2.24, 2.45) is 5.92 Å². The Balaban J connectivity index is 1.45. The molecule has 0 amide bonds. The first-order valence-corrected chi connectivity index (χ1v) is 10.1. The van der Waals surface area contributed by atoms with Crippen LogP contribution in [0.15, 0.2) is 30.3 Å². The molecule has 3 atom stereocenters. The Morgan fingerprint density at radius 1 is 1.00 bits per heavy atom. The minimum Gasteiger partial charge on any atom is -0.389 e. The first-order valence-electron chi connectivity index (χ1n) is 10.1. The number of hydrogen-bond donors (Lipinski definition) is 1. The van der Waals surface area contributed by atoms with E-state index >= 15 is 0 Å². The summed E-state index contributed by atoms with van der Waals surface area (Å²) in [5, 5.41) is 11.4. The van der Waals surface area contributed by atoms with Crippen molar-refractivity contribution in [2.75, 3.05) is 13.1 Å². The van der Waals surface area contributed by atoms with E-state index in [0.29, 0.717) is 12.0 Å². The van der Waals surface area contributed by atoms with Gasteiger partial charge in [-0.3, -0.25) is 4.90 Å². The zero-order valence-electron chi connectivity index (χ0n) is 15.2. The third-order valence-corrected chi connectivity index (χ3v) is 7.35. The monoisotopic (exact) mass is 327 g/mol. The second-order valence-corrected chi connectivity index (χ2v) is 8.98. The Labute approximate surface area is 147 Å². The number of rotatable bonds is 2. The number of aliphatic hydroxyl groups is 1. The maximum atomic E-state index is 11.4. The molecule has 1 aliphatic carbocycles. The van der Waals surface area contributed by atoms with Crippen LogP contribution in [0, 0.1) is 5.92 Å². The highest BCUT2D eigenvalue weighted by atomic mass is 16.3. The molecule has 24 heavy (non-hydrogen) atoms. The van der Waals surface area contributed by atoms with Gasteiger partial charge >= 0.3 is 0 Å². The highest BCUT2D eigenvalue weighted by Gasteiger charge is 2.47. The lowest BCUT2D eigenvalue weighted by Crippen LogP contribution is -2.59. The van der Waals surface area contributed by atoms with Crippen molar-refractivity contribution in [3.63, 3.8) is 0 Å². The molecule has 1 N–H and O–H groups in total. The van der Waals surface area contributed by atoms with Gasteiger partial charge in [-0.1, -0.05) is 56.5 Å². The first kappa shape index (κ1) is 16.6. The van der Waals surface area contributed by atoms with Crippen LogP contribution in [0.25, 0.3) is 0 Å². The van der Waals surface area contributed by atoms with E-state index in [1.54, 1.807) is 0 Å². The smallest absolute Gasteiger partial charge is 0.0702 e. The Morgan fingerprint density at radius 3 is 2.50 bits per heavy atom. The van der Waals surface area contributed by atoms with E-state index in [4.69, 9.17) is 0 Å². The van der Waals surface area contributed by atoms with Crippen LogP contribution < -0.4 is 0 Å². The van der Waals surface area contributed by atoms with Gasteiger partial charge < -0.3 is 5.11 Å². The number of piperidine rings is 2. The summed E-state index contributed by atoms with van der Waals surface area (Å²) < 4.78 is 0. The molecule has 3 unspecified atom stereocenters. The van der Waals surface area contributed by atoms with E-state index in [1.165, 1.54) is 50.5 Å². The van der Waals surface area contributed by atoms with Gasteiger partial charge in [-0.05, 0) is 50.0 Å². The second-order valence-electron chi connectivity index (χ2n) is 8.98. The molecule has 132 valence electrons. The lowest BCUT2D eigenvalue weighted by atomic mass is 9.66. The Kier molecular flexibility index (Phi) is 4.47. The minimum atomic E-state index is -0.373. The SMILES string of the molecule is CC1(c2ccccc2)CCC2CC(O)(C3CCCCC3)CCN2C1. The second kappa shape index (κ2) is 6.46. The van der Waals surface area contributed by atoms with Crippen molar-refractivity contribution in [1.82, 2.24) is 4.90 Å². The normalized spacial score (nSPS) is 38.7. The van der Waals surface area contributed by atoms with Gasteiger partial charge in [0.15, 0.2) is 0 Å². The van der Waals surface area contributed by atoms with E-state index < -0.39 is 0 Å². The average Bonchev–Trinajstić information content (AvgIpc) is 2.64. The van der Waals surface area contributed by atoms with Crippen LogP contribution in [0.1, 0.15) is 70.3 Å². The molecule has 4 rings (SSSR count). The molecule has 0 spiro atoms. The predicted molar refractivity (Wildman–Crippen MR) is 99.1 cm³/mol. The van der Waals surface area contributed by atoms with Crippen molar-refractivity contribution in [3.05, 3.63) is 35.9 Å². The van der Waals surface area contributed by atoms with Crippen LogP contribution in [0.5, 0.6) is 0 Å². The number of benzene rings is 1. The number of fused-ring (bicyclic) bond motifs is 1. The molecule has 2 saturated heterocycles. The van der Waals surface area contributed by atoms with Crippen LogP contribution in [0.3, 0.4) is 0 Å². The molecule has 0 bridgehead atoms. The summed E-state index contributed by atoms with van der Waals surface area (Å²) in [4.78, 5) is 2.69. The van der Waals surface area contributed by atoms with Crippen molar-refractivity contribution in [3.8, 4) is 0 Å². The van der Waals surface area contributed by atoms with Crippen LogP contribution in [0.4, 0.5) is 0 Å². The Hall–Kier alpha value is -0.860. The fourth-order valence-corrected chi connectivity index (χ4v) is 5.75. The lowest BCUT2D eigenvalue weighted by molar-refractivity contribution is -0.108. The molecular weight excluding hydrogens is 294 g/mol. The number of hydrogen-bond acceptors (Lipinski definition) is 2. The van der Waals surface area contributed by atoms with Gasteiger partial charge in [0.2, 0.25) is 0 Å². The molecule has 2 aliphatic heterocycles. The van der Waals surface area contributed by atoms with Gasteiger partial charge in [0.25, 0.3) is 0 Å². The molecule has 0 aromatic heterocycles. The maximum absolute atomic E-state index is 11.4. The Bertz CT molecular complexity index is 552. The van der Waals surface area contributed by atoms with Crippen molar-refractivity contribution in [1.29, 1.82) is 0 Å². The van der Waals surface area contributed by atoms with Gasteiger partial charge in [0, 0.05) is 24.5 Å². The molecule has 1 aromatic carbocycles. The van der Waals surface area contributed by atoms with Crippen molar-refractivity contribution >= 4 is 0 Å². The summed E-state index contributed by atoms with van der Waals surface area (Å²) in [6.45, 7) is 4.67. The zero-order chi connectivity index (χ0) is 16.6. The molecule has 3 aliphatic rings. The standard InChI is InChI=1S/C22H33NO/c1-21(18-8-4-2-5-9-18)13-12-20-16-22(24,14-15-23(20)17-21)19-10-6-3-7-11-19/h2,4-5,8-9,19-20,24H,3,6-7,10-17H2,1H3. The zero-order valence-corrected chi connectivity index (χ0v) is 15.2. The predicted octanol–water partition coefficient (Wildman–Crippen LogP) is 4.51. The molecule has 2 nitrogen and oxygen atoms in total. The number of nitrogens with zero attached hydrogens (tertiary/aromatic N) is 1. The van der Waals surface area contributed by atoms with Gasteiger partial charge in [-0.15, -0.1) is 0 Å². The van der Waals surface area contributed by atoms with Crippen LogP contribution in [0.2, 0.25) is 0 Å². The molecule has 2 heteroatoms. The largest absolute Gasteiger partial charge is 0.389 e. The summed E-state index contributed by atoms with van der Waals surface area (Å²) in [6, 6.07) is 11.6. The fraction of sp³-hybridized carbons (Fsp3) is 0.727. The van der Waals surface area contributed by atoms with Gasteiger partial charge in [0.1, 0.15) is 0 Å².